The lowest BCUT2D eigenvalue weighted by Gasteiger charge is -2.43. The van der Waals surface area contributed by atoms with Crippen LogP contribution in [0.5, 0.6) is 0 Å². The van der Waals surface area contributed by atoms with E-state index in [4.69, 9.17) is 21.3 Å². The lowest BCUT2D eigenvalue weighted by atomic mass is 9.60. The van der Waals surface area contributed by atoms with E-state index in [9.17, 15) is 4.79 Å². The van der Waals surface area contributed by atoms with Crippen LogP contribution >= 0.6 is 0 Å². The summed E-state index contributed by atoms with van der Waals surface area (Å²) < 4.78 is 5.01. The van der Waals surface area contributed by atoms with Crippen LogP contribution in [0.2, 0.25) is 0 Å². The lowest BCUT2D eigenvalue weighted by molar-refractivity contribution is 0.0811. The topological polar surface area (TPSA) is 145 Å². The number of carbonyl (C=O) groups is 1. The molecule has 1 fully saturated rings. The third kappa shape index (κ3) is 4.44. The molecule has 0 unspecified atom stereocenters. The first-order valence-corrected chi connectivity index (χ1v) is 12.1. The summed E-state index contributed by atoms with van der Waals surface area (Å²) in [5.41, 5.74) is 11.2. The predicted molar refractivity (Wildman–Crippen MR) is 144 cm³/mol. The molecule has 2 aromatic carbocycles. The second-order valence-electron chi connectivity index (χ2n) is 9.52. The van der Waals surface area contributed by atoms with Crippen molar-refractivity contribution >= 4 is 34.6 Å². The van der Waals surface area contributed by atoms with Crippen LogP contribution in [-0.2, 0) is 10.2 Å². The molecule has 1 aliphatic carbocycles. The highest BCUT2D eigenvalue weighted by molar-refractivity contribution is 6.07. The van der Waals surface area contributed by atoms with Gasteiger partial charge in [-0.2, -0.15) is 0 Å². The van der Waals surface area contributed by atoms with Gasteiger partial charge in [-0.3, -0.25) is 15.6 Å². The van der Waals surface area contributed by atoms with Gasteiger partial charge in [0, 0.05) is 48.9 Å². The minimum Gasteiger partial charge on any atom is -0.428 e. The standard InChI is InChI=1S/C28H29N7O2/c1-17(29)37-24(30)16-35(2)26(36)22-6-3-5-21-23(15-32-25(21)22)28(11-4-12-28)20-9-7-18(8-10-20)19-13-33-27(31)34-14-19/h3,5-10,13-15,29-30,32H,4,11-12,16H2,1-2H3,(H2,31,33,34). The number of aromatic amines is 1. The number of fused-ring (bicyclic) bond motifs is 1. The average molecular weight is 496 g/mol. The number of ether oxygens (including phenoxy) is 1. The van der Waals surface area contributed by atoms with Gasteiger partial charge in [0.2, 0.25) is 11.8 Å². The molecule has 4 aromatic rings. The van der Waals surface area contributed by atoms with Gasteiger partial charge in [0.25, 0.3) is 5.91 Å². The summed E-state index contributed by atoms with van der Waals surface area (Å²) in [4.78, 5) is 26.3. The number of nitrogens with two attached hydrogens (primary N) is 1. The van der Waals surface area contributed by atoms with Crippen LogP contribution < -0.4 is 5.73 Å². The summed E-state index contributed by atoms with van der Waals surface area (Å²) in [6, 6.07) is 14.3. The Labute approximate surface area is 214 Å². The van der Waals surface area contributed by atoms with Crippen molar-refractivity contribution in [2.75, 3.05) is 19.3 Å². The summed E-state index contributed by atoms with van der Waals surface area (Å²) in [7, 11) is 1.63. The molecule has 0 bridgehead atoms. The minimum atomic E-state index is -0.215. The summed E-state index contributed by atoms with van der Waals surface area (Å²) >= 11 is 0. The van der Waals surface area contributed by atoms with Crippen LogP contribution in [0.4, 0.5) is 5.95 Å². The Hall–Kier alpha value is -4.53. The molecule has 0 aliphatic heterocycles. The van der Waals surface area contributed by atoms with Gasteiger partial charge in [-0.25, -0.2) is 9.97 Å². The van der Waals surface area contributed by atoms with E-state index in [1.165, 1.54) is 23.0 Å². The number of benzene rings is 2. The highest BCUT2D eigenvalue weighted by Gasteiger charge is 2.42. The number of carbonyl (C=O) groups excluding carboxylic acids is 1. The fourth-order valence-corrected chi connectivity index (χ4v) is 5.15. The lowest BCUT2D eigenvalue weighted by Crippen LogP contribution is -2.35. The molecule has 1 aliphatic rings. The quantitative estimate of drug-likeness (QED) is 0.225. The molecule has 9 heteroatoms. The molecule has 0 spiro atoms. The van der Waals surface area contributed by atoms with Gasteiger partial charge >= 0.3 is 0 Å². The molecule has 2 heterocycles. The molecule has 1 saturated carbocycles. The highest BCUT2D eigenvalue weighted by atomic mass is 16.5. The molecule has 9 nitrogen and oxygen atoms in total. The van der Waals surface area contributed by atoms with E-state index in [1.807, 2.05) is 12.3 Å². The molecule has 5 N–H and O–H groups in total. The van der Waals surface area contributed by atoms with Crippen molar-refractivity contribution in [1.29, 1.82) is 10.8 Å². The number of nitrogens with one attached hydrogen (secondary N) is 3. The van der Waals surface area contributed by atoms with Crippen molar-refractivity contribution in [2.45, 2.75) is 31.6 Å². The van der Waals surface area contributed by atoms with Crippen molar-refractivity contribution in [3.05, 3.63) is 77.7 Å². The molecular weight excluding hydrogens is 466 g/mol. The zero-order chi connectivity index (χ0) is 26.2. The van der Waals surface area contributed by atoms with Crippen molar-refractivity contribution in [3.63, 3.8) is 0 Å². The van der Waals surface area contributed by atoms with Crippen molar-refractivity contribution in [2.24, 2.45) is 0 Å². The monoisotopic (exact) mass is 495 g/mol. The van der Waals surface area contributed by atoms with E-state index in [0.29, 0.717) is 5.56 Å². The van der Waals surface area contributed by atoms with E-state index in [0.717, 1.165) is 41.3 Å². The Bertz CT molecular complexity index is 1490. The number of para-hydroxylation sites is 1. The number of rotatable bonds is 6. The zero-order valence-corrected chi connectivity index (χ0v) is 20.8. The van der Waals surface area contributed by atoms with Crippen LogP contribution in [0.1, 0.15) is 47.7 Å². The second kappa shape index (κ2) is 9.50. The molecule has 0 atom stereocenters. The predicted octanol–water partition coefficient (Wildman–Crippen LogP) is 4.74. The summed E-state index contributed by atoms with van der Waals surface area (Å²) in [5, 5.41) is 16.3. The van der Waals surface area contributed by atoms with Crippen molar-refractivity contribution in [1.82, 2.24) is 19.9 Å². The van der Waals surface area contributed by atoms with Gasteiger partial charge in [0.15, 0.2) is 5.90 Å². The van der Waals surface area contributed by atoms with Gasteiger partial charge in [-0.05, 0) is 35.6 Å². The number of H-pyrrole nitrogens is 1. The number of likely N-dealkylation sites (N-methyl/N-ethyl adjacent to an activating group) is 1. The maximum atomic E-state index is 13.3. The fraction of sp³-hybridized carbons (Fsp3) is 0.250. The van der Waals surface area contributed by atoms with Crippen LogP contribution in [-0.4, -0.2) is 51.1 Å². The van der Waals surface area contributed by atoms with Gasteiger partial charge in [0.1, 0.15) is 0 Å². The van der Waals surface area contributed by atoms with Gasteiger partial charge < -0.3 is 20.4 Å². The Kier molecular flexibility index (Phi) is 6.20. The highest BCUT2D eigenvalue weighted by Crippen LogP contribution is 2.51. The normalized spacial score (nSPS) is 14.1. The number of amides is 1. The number of nitrogen functional groups attached to an aromatic ring is 1. The van der Waals surface area contributed by atoms with Crippen molar-refractivity contribution < 1.29 is 9.53 Å². The molecule has 5 rings (SSSR count). The third-order valence-electron chi connectivity index (χ3n) is 7.11. The third-order valence-corrected chi connectivity index (χ3v) is 7.11. The fourth-order valence-electron chi connectivity index (χ4n) is 5.15. The molecule has 0 saturated heterocycles. The first kappa shape index (κ1) is 24.2. The van der Waals surface area contributed by atoms with Crippen molar-refractivity contribution in [3.8, 4) is 11.1 Å². The molecule has 37 heavy (non-hydrogen) atoms. The zero-order valence-electron chi connectivity index (χ0n) is 20.8. The second-order valence-corrected chi connectivity index (χ2v) is 9.52. The van der Waals surface area contributed by atoms with Crippen LogP contribution in [0.15, 0.2) is 61.1 Å². The molecule has 2 aromatic heterocycles. The van der Waals surface area contributed by atoms with Gasteiger partial charge in [-0.15, -0.1) is 0 Å². The van der Waals surface area contributed by atoms with E-state index in [2.05, 4.69) is 45.3 Å². The number of anilines is 1. The molecule has 1 amide bonds. The summed E-state index contributed by atoms with van der Waals surface area (Å²) in [6.45, 7) is 1.43. The Morgan fingerprint density at radius 2 is 1.81 bits per heavy atom. The largest absolute Gasteiger partial charge is 0.428 e. The Balaban J connectivity index is 1.45. The van der Waals surface area contributed by atoms with Gasteiger partial charge in [0.05, 0.1) is 17.6 Å². The van der Waals surface area contributed by atoms with E-state index in [1.54, 1.807) is 25.5 Å². The number of hydrogen-bond acceptors (Lipinski definition) is 7. The first-order valence-electron chi connectivity index (χ1n) is 12.1. The minimum absolute atomic E-state index is 0.0195. The first-order chi connectivity index (χ1) is 17.8. The van der Waals surface area contributed by atoms with E-state index >= 15 is 0 Å². The summed E-state index contributed by atoms with van der Waals surface area (Å²) in [6.07, 6.45) is 8.68. The smallest absolute Gasteiger partial charge is 0.256 e. The maximum absolute atomic E-state index is 13.3. The van der Waals surface area contributed by atoms with Crippen LogP contribution in [0.25, 0.3) is 22.0 Å². The number of aromatic nitrogens is 3. The van der Waals surface area contributed by atoms with E-state index in [-0.39, 0.29) is 35.6 Å². The van der Waals surface area contributed by atoms with Crippen LogP contribution in [0.3, 0.4) is 0 Å². The number of nitrogens with zero attached hydrogens (tertiary/aromatic N) is 3. The number of hydrogen-bond donors (Lipinski definition) is 4. The SMILES string of the molecule is CC(=N)OC(=N)CN(C)C(=O)c1cccc2c(C3(c4ccc(-c5cnc(N)nc5)cc4)CCC3)c[nH]c12. The van der Waals surface area contributed by atoms with Gasteiger partial charge in [-0.1, -0.05) is 42.8 Å². The molecular formula is C28H29N7O2. The molecule has 188 valence electrons. The Morgan fingerprint density at radius 3 is 2.43 bits per heavy atom. The van der Waals surface area contributed by atoms with E-state index < -0.39 is 0 Å². The molecule has 0 radical (unpaired) electrons. The average Bonchev–Trinajstić information content (AvgIpc) is 3.28. The maximum Gasteiger partial charge on any atom is 0.256 e. The summed E-state index contributed by atoms with van der Waals surface area (Å²) in [5.74, 6) is -0.189. The Morgan fingerprint density at radius 1 is 1.11 bits per heavy atom. The van der Waals surface area contributed by atoms with Crippen LogP contribution in [0, 0.1) is 10.8 Å².